The Bertz CT molecular complexity index is 444. The second kappa shape index (κ2) is 4.37. The van der Waals surface area contributed by atoms with Crippen LogP contribution >= 0.6 is 0 Å². The number of anilines is 3. The van der Waals surface area contributed by atoms with Crippen LogP contribution in [-0.4, -0.2) is 20.7 Å². The van der Waals surface area contributed by atoms with E-state index in [0.717, 1.165) is 0 Å². The van der Waals surface area contributed by atoms with Gasteiger partial charge in [-0.2, -0.15) is 0 Å². The minimum atomic E-state index is -3.43. The van der Waals surface area contributed by atoms with Gasteiger partial charge in [0.2, 0.25) is 10.0 Å². The van der Waals surface area contributed by atoms with E-state index in [1.165, 1.54) is 0 Å². The summed E-state index contributed by atoms with van der Waals surface area (Å²) in [4.78, 5) is 0. The van der Waals surface area contributed by atoms with Crippen LogP contribution < -0.4 is 21.9 Å². The molecule has 0 aliphatic carbocycles. The third kappa shape index (κ3) is 4.05. The lowest BCUT2D eigenvalue weighted by Gasteiger charge is -2.07. The Morgan fingerprint density at radius 3 is 2.40 bits per heavy atom. The van der Waals surface area contributed by atoms with Gasteiger partial charge in [-0.15, -0.1) is 0 Å². The first-order valence-corrected chi connectivity index (χ1v) is 5.99. The number of hydrogen-bond donors (Lipinski definition) is 4. The summed E-state index contributed by atoms with van der Waals surface area (Å²) in [5, 5.41) is 7.72. The van der Waals surface area contributed by atoms with Crippen molar-refractivity contribution < 1.29 is 8.42 Å². The highest BCUT2D eigenvalue weighted by Crippen LogP contribution is 2.19. The van der Waals surface area contributed by atoms with E-state index < -0.39 is 10.0 Å². The van der Waals surface area contributed by atoms with Gasteiger partial charge in [0.1, 0.15) is 0 Å². The van der Waals surface area contributed by atoms with Crippen molar-refractivity contribution in [2.75, 3.05) is 29.1 Å². The number of primary sulfonamides is 1. The molecule has 1 rings (SSSR count). The molecule has 0 unspecified atom stereocenters. The number of benzene rings is 1. The number of hydrogen-bond acceptors (Lipinski definition) is 5. The molecule has 0 bridgehead atoms. The highest BCUT2D eigenvalue weighted by molar-refractivity contribution is 7.89. The number of nitrogens with one attached hydrogen (secondary N) is 1. The van der Waals surface area contributed by atoms with E-state index in [1.54, 1.807) is 18.2 Å². The van der Waals surface area contributed by atoms with E-state index in [0.29, 0.717) is 17.1 Å². The van der Waals surface area contributed by atoms with Crippen LogP contribution in [0.5, 0.6) is 0 Å². The molecule has 15 heavy (non-hydrogen) atoms. The summed E-state index contributed by atoms with van der Waals surface area (Å²) in [6, 6.07) is 5.00. The summed E-state index contributed by atoms with van der Waals surface area (Å²) in [7, 11) is -3.43. The van der Waals surface area contributed by atoms with E-state index in [2.05, 4.69) is 5.32 Å². The van der Waals surface area contributed by atoms with Crippen LogP contribution in [-0.2, 0) is 10.0 Å². The molecule has 0 spiro atoms. The fourth-order valence-electron chi connectivity index (χ4n) is 1.02. The van der Waals surface area contributed by atoms with Crippen LogP contribution in [0.2, 0.25) is 0 Å². The Labute approximate surface area is 88.5 Å². The Morgan fingerprint density at radius 2 is 1.87 bits per heavy atom. The Hall–Kier alpha value is -1.47. The van der Waals surface area contributed by atoms with Gasteiger partial charge in [-0.1, -0.05) is 0 Å². The second-order valence-corrected chi connectivity index (χ2v) is 4.87. The predicted octanol–water partition coefficient (Wildman–Crippen LogP) is -0.449. The first kappa shape index (κ1) is 11.6. The summed E-state index contributed by atoms with van der Waals surface area (Å²) in [6.45, 7) is 0.238. The van der Waals surface area contributed by atoms with E-state index >= 15 is 0 Å². The Kier molecular flexibility index (Phi) is 3.38. The summed E-state index contributed by atoms with van der Waals surface area (Å²) in [6.07, 6.45) is 0. The summed E-state index contributed by atoms with van der Waals surface area (Å²) >= 11 is 0. The first-order valence-electron chi connectivity index (χ1n) is 4.28. The minimum Gasteiger partial charge on any atom is -0.397 e. The van der Waals surface area contributed by atoms with Crippen LogP contribution in [0.1, 0.15) is 0 Å². The fourth-order valence-corrected chi connectivity index (χ4v) is 1.41. The van der Waals surface area contributed by atoms with Gasteiger partial charge in [-0.25, -0.2) is 13.6 Å². The molecule has 0 heterocycles. The highest BCUT2D eigenvalue weighted by atomic mass is 32.2. The monoisotopic (exact) mass is 230 g/mol. The van der Waals surface area contributed by atoms with Crippen molar-refractivity contribution in [1.29, 1.82) is 0 Å². The quantitative estimate of drug-likeness (QED) is 0.521. The van der Waals surface area contributed by atoms with Gasteiger partial charge in [0, 0.05) is 12.2 Å². The summed E-state index contributed by atoms with van der Waals surface area (Å²) in [5.41, 5.74) is 12.7. The maximum absolute atomic E-state index is 10.6. The van der Waals surface area contributed by atoms with Crippen molar-refractivity contribution in [1.82, 2.24) is 0 Å². The van der Waals surface area contributed by atoms with Gasteiger partial charge in [-0.3, -0.25) is 0 Å². The molecule has 0 amide bonds. The maximum atomic E-state index is 10.6. The standard InChI is InChI=1S/C8H14N4O2S/c9-7-2-1-6(5-8(7)10)12-3-4-15(11,13)14/h1-2,5,12H,3-4,9-10H2,(H2,11,13,14). The van der Waals surface area contributed by atoms with Gasteiger partial charge in [0.15, 0.2) is 0 Å². The summed E-state index contributed by atoms with van der Waals surface area (Å²) < 4.78 is 21.3. The van der Waals surface area contributed by atoms with E-state index in [4.69, 9.17) is 16.6 Å². The highest BCUT2D eigenvalue weighted by Gasteiger charge is 2.02. The van der Waals surface area contributed by atoms with Gasteiger partial charge in [-0.05, 0) is 18.2 Å². The molecule has 7 N–H and O–H groups in total. The molecule has 0 radical (unpaired) electrons. The average molecular weight is 230 g/mol. The Morgan fingerprint density at radius 1 is 1.20 bits per heavy atom. The number of nitrogen functional groups attached to an aromatic ring is 2. The first-order chi connectivity index (χ1) is 6.88. The van der Waals surface area contributed by atoms with Crippen molar-refractivity contribution in [3.63, 3.8) is 0 Å². The molecule has 84 valence electrons. The molecule has 0 atom stereocenters. The van der Waals surface area contributed by atoms with Crippen LogP contribution in [0.25, 0.3) is 0 Å². The molecule has 0 saturated heterocycles. The van der Waals surface area contributed by atoms with Crippen molar-refractivity contribution in [3.8, 4) is 0 Å². The topological polar surface area (TPSA) is 124 Å². The van der Waals surface area contributed by atoms with Crippen LogP contribution in [0.15, 0.2) is 18.2 Å². The van der Waals surface area contributed by atoms with Crippen LogP contribution in [0, 0.1) is 0 Å². The van der Waals surface area contributed by atoms with E-state index in [1.807, 2.05) is 0 Å². The smallest absolute Gasteiger partial charge is 0.210 e. The van der Waals surface area contributed by atoms with E-state index in [9.17, 15) is 8.42 Å². The number of rotatable bonds is 4. The zero-order chi connectivity index (χ0) is 11.5. The molecule has 7 heteroatoms. The molecule has 0 fully saturated rings. The molecule has 6 nitrogen and oxygen atoms in total. The lowest BCUT2D eigenvalue weighted by molar-refractivity contribution is 0.598. The normalized spacial score (nSPS) is 11.3. The third-order valence-electron chi connectivity index (χ3n) is 1.80. The molecule has 0 saturated carbocycles. The second-order valence-electron chi connectivity index (χ2n) is 3.14. The van der Waals surface area contributed by atoms with Crippen molar-refractivity contribution >= 4 is 27.1 Å². The fraction of sp³-hybridized carbons (Fsp3) is 0.250. The number of sulfonamides is 1. The third-order valence-corrected chi connectivity index (χ3v) is 2.58. The molecule has 1 aromatic rings. The minimum absolute atomic E-state index is 0.128. The molecule has 0 aromatic heterocycles. The molecular formula is C8H14N4O2S. The molecule has 0 aliphatic heterocycles. The van der Waals surface area contributed by atoms with E-state index in [-0.39, 0.29) is 12.3 Å². The average Bonchev–Trinajstić information content (AvgIpc) is 2.09. The van der Waals surface area contributed by atoms with Gasteiger partial charge >= 0.3 is 0 Å². The summed E-state index contributed by atoms with van der Waals surface area (Å²) in [5.74, 6) is -0.128. The largest absolute Gasteiger partial charge is 0.397 e. The molecule has 1 aromatic carbocycles. The van der Waals surface area contributed by atoms with Crippen LogP contribution in [0.4, 0.5) is 17.1 Å². The SMILES string of the molecule is Nc1ccc(NCCS(N)(=O)=O)cc1N. The van der Waals surface area contributed by atoms with Gasteiger partial charge in [0.25, 0.3) is 0 Å². The maximum Gasteiger partial charge on any atom is 0.210 e. The molecule has 0 aliphatic rings. The zero-order valence-electron chi connectivity index (χ0n) is 8.10. The van der Waals surface area contributed by atoms with Crippen molar-refractivity contribution in [2.24, 2.45) is 5.14 Å². The van der Waals surface area contributed by atoms with Crippen LogP contribution in [0.3, 0.4) is 0 Å². The van der Waals surface area contributed by atoms with Gasteiger partial charge < -0.3 is 16.8 Å². The number of nitrogens with two attached hydrogens (primary N) is 3. The Balaban J connectivity index is 2.55. The molecular weight excluding hydrogens is 216 g/mol. The predicted molar refractivity (Wildman–Crippen MR) is 61.7 cm³/mol. The zero-order valence-corrected chi connectivity index (χ0v) is 8.92. The van der Waals surface area contributed by atoms with Gasteiger partial charge in [0.05, 0.1) is 17.1 Å². The lowest BCUT2D eigenvalue weighted by Crippen LogP contribution is -2.22. The van der Waals surface area contributed by atoms with Crippen molar-refractivity contribution in [2.45, 2.75) is 0 Å². The van der Waals surface area contributed by atoms with Crippen molar-refractivity contribution in [3.05, 3.63) is 18.2 Å². The lowest BCUT2D eigenvalue weighted by atomic mass is 10.2.